The Morgan fingerprint density at radius 2 is 1.62 bits per heavy atom. The molecule has 2 rings (SSSR count). The van der Waals surface area contributed by atoms with Crippen LogP contribution in [0.3, 0.4) is 0 Å². The number of carbonyl (C=O) groups excluding carboxylic acids is 1. The third kappa shape index (κ3) is 3.88. The van der Waals surface area contributed by atoms with Crippen molar-refractivity contribution in [2.75, 3.05) is 20.6 Å². The Bertz CT molecular complexity index is 608. The van der Waals surface area contributed by atoms with Gasteiger partial charge in [-0.05, 0) is 57.9 Å². The first-order valence-electron chi connectivity index (χ1n) is 8.23. The van der Waals surface area contributed by atoms with Crippen molar-refractivity contribution < 1.29 is 14.1 Å². The average molecular weight is 330 g/mol. The first-order valence-corrected chi connectivity index (χ1v) is 8.23. The van der Waals surface area contributed by atoms with Gasteiger partial charge in [-0.2, -0.15) is 0 Å². The van der Waals surface area contributed by atoms with E-state index in [4.69, 9.17) is 9.31 Å². The van der Waals surface area contributed by atoms with Gasteiger partial charge in [-0.3, -0.25) is 4.79 Å². The average Bonchev–Trinajstić information content (AvgIpc) is 2.75. The lowest BCUT2D eigenvalue weighted by Gasteiger charge is -2.32. The van der Waals surface area contributed by atoms with Crippen molar-refractivity contribution in [1.29, 1.82) is 0 Å². The zero-order valence-electron chi connectivity index (χ0n) is 15.4. The van der Waals surface area contributed by atoms with Crippen molar-refractivity contribution in [2.45, 2.75) is 38.9 Å². The second-order valence-electron chi connectivity index (χ2n) is 7.04. The van der Waals surface area contributed by atoms with Crippen molar-refractivity contribution in [3.8, 4) is 0 Å². The van der Waals surface area contributed by atoms with Crippen molar-refractivity contribution in [1.82, 2.24) is 10.6 Å². The minimum absolute atomic E-state index is 0.0908. The maximum atomic E-state index is 11.6. The summed E-state index contributed by atoms with van der Waals surface area (Å²) in [5.41, 5.74) is 1.92. The molecular weight excluding hydrogens is 303 g/mol. The third-order valence-electron chi connectivity index (χ3n) is 4.69. The lowest BCUT2D eigenvalue weighted by Crippen LogP contribution is -2.41. The molecule has 1 fully saturated rings. The summed E-state index contributed by atoms with van der Waals surface area (Å²) in [7, 11) is 3.13. The molecule has 1 saturated heterocycles. The number of rotatable bonds is 5. The lowest BCUT2D eigenvalue weighted by molar-refractivity contribution is 0.00578. The van der Waals surface area contributed by atoms with E-state index in [1.165, 1.54) is 0 Å². The van der Waals surface area contributed by atoms with E-state index in [2.05, 4.69) is 10.6 Å². The molecule has 1 amide bonds. The number of nitrogens with one attached hydrogen (secondary N) is 2. The van der Waals surface area contributed by atoms with Gasteiger partial charge in [-0.15, -0.1) is 0 Å². The highest BCUT2D eigenvalue weighted by atomic mass is 16.7. The van der Waals surface area contributed by atoms with Crippen LogP contribution in [-0.4, -0.2) is 44.9 Å². The number of hydrogen-bond donors (Lipinski definition) is 2. The van der Waals surface area contributed by atoms with Gasteiger partial charge in [-0.1, -0.05) is 18.2 Å². The quantitative estimate of drug-likeness (QED) is 0.813. The molecular formula is C18H27BN2O3. The second-order valence-corrected chi connectivity index (χ2v) is 7.04. The number of hydrogen-bond acceptors (Lipinski definition) is 4. The van der Waals surface area contributed by atoms with Gasteiger partial charge in [0.15, 0.2) is 0 Å². The van der Waals surface area contributed by atoms with Crippen LogP contribution < -0.4 is 10.6 Å². The van der Waals surface area contributed by atoms with Crippen LogP contribution >= 0.6 is 0 Å². The molecule has 1 aliphatic rings. The standard InChI is InChI=1S/C18H27BN2O3/c1-17(2)18(3,4)24-19(23-17)15(12-20-5)11-13-7-9-14(10-8-13)16(22)21-6/h7-11,20H,12H2,1-6H3,(H,21,22). The summed E-state index contributed by atoms with van der Waals surface area (Å²) in [6, 6.07) is 7.47. The molecule has 130 valence electrons. The largest absolute Gasteiger partial charge is 0.491 e. The number of amides is 1. The fourth-order valence-corrected chi connectivity index (χ4v) is 2.49. The van der Waals surface area contributed by atoms with Crippen LogP contribution in [0.4, 0.5) is 0 Å². The molecule has 6 heteroatoms. The highest BCUT2D eigenvalue weighted by molar-refractivity contribution is 6.55. The molecule has 1 aliphatic heterocycles. The zero-order valence-corrected chi connectivity index (χ0v) is 15.4. The van der Waals surface area contributed by atoms with Gasteiger partial charge in [0, 0.05) is 19.2 Å². The van der Waals surface area contributed by atoms with Gasteiger partial charge in [-0.25, -0.2) is 0 Å². The molecule has 0 bridgehead atoms. The molecule has 0 saturated carbocycles. The fourth-order valence-electron chi connectivity index (χ4n) is 2.49. The van der Waals surface area contributed by atoms with Crippen LogP contribution in [-0.2, 0) is 9.31 Å². The molecule has 0 aromatic heterocycles. The summed E-state index contributed by atoms with van der Waals surface area (Å²) < 4.78 is 12.3. The molecule has 0 radical (unpaired) electrons. The van der Waals surface area contributed by atoms with Crippen LogP contribution in [0, 0.1) is 0 Å². The molecule has 1 heterocycles. The molecule has 0 unspecified atom stereocenters. The molecule has 2 N–H and O–H groups in total. The Labute approximate surface area is 144 Å². The SMILES string of the molecule is CNCC(=Cc1ccc(C(=O)NC)cc1)B1OC(C)(C)C(C)(C)O1. The van der Waals surface area contributed by atoms with E-state index in [0.717, 1.165) is 11.0 Å². The van der Waals surface area contributed by atoms with Gasteiger partial charge >= 0.3 is 7.12 Å². The molecule has 24 heavy (non-hydrogen) atoms. The number of benzene rings is 1. The maximum Gasteiger partial charge on any atom is 0.491 e. The molecule has 5 nitrogen and oxygen atoms in total. The summed E-state index contributed by atoms with van der Waals surface area (Å²) >= 11 is 0. The Morgan fingerprint density at radius 1 is 1.08 bits per heavy atom. The van der Waals surface area contributed by atoms with E-state index in [0.29, 0.717) is 12.1 Å². The van der Waals surface area contributed by atoms with E-state index in [9.17, 15) is 4.79 Å². The van der Waals surface area contributed by atoms with E-state index < -0.39 is 0 Å². The van der Waals surface area contributed by atoms with E-state index in [1.54, 1.807) is 7.05 Å². The summed E-state index contributed by atoms with van der Waals surface area (Å²) in [6.45, 7) is 8.84. The number of carbonyl (C=O) groups is 1. The monoisotopic (exact) mass is 330 g/mol. The Balaban J connectivity index is 2.24. The van der Waals surface area contributed by atoms with Crippen LogP contribution in [0.1, 0.15) is 43.6 Å². The van der Waals surface area contributed by atoms with E-state index in [1.807, 2.05) is 65.1 Å². The smallest absolute Gasteiger partial charge is 0.400 e. The first kappa shape index (κ1) is 18.7. The summed E-state index contributed by atoms with van der Waals surface area (Å²) in [5.74, 6) is -0.0908. The van der Waals surface area contributed by atoms with Gasteiger partial charge in [0.1, 0.15) is 0 Å². The van der Waals surface area contributed by atoms with Crippen LogP contribution in [0.15, 0.2) is 29.7 Å². The van der Waals surface area contributed by atoms with Crippen LogP contribution in [0.25, 0.3) is 6.08 Å². The summed E-state index contributed by atoms with van der Waals surface area (Å²) in [5, 5.41) is 5.79. The van der Waals surface area contributed by atoms with Gasteiger partial charge in [0.05, 0.1) is 11.2 Å². The molecule has 1 aromatic rings. The Hall–Kier alpha value is -1.63. The predicted octanol–water partition coefficient (Wildman–Crippen LogP) is 2.28. The summed E-state index contributed by atoms with van der Waals surface area (Å²) in [6.07, 6.45) is 2.05. The van der Waals surface area contributed by atoms with E-state index in [-0.39, 0.29) is 24.2 Å². The van der Waals surface area contributed by atoms with Crippen molar-refractivity contribution in [2.24, 2.45) is 0 Å². The zero-order chi connectivity index (χ0) is 18.0. The van der Waals surface area contributed by atoms with Gasteiger partial charge in [0.25, 0.3) is 5.91 Å². The molecule has 0 spiro atoms. The topological polar surface area (TPSA) is 59.6 Å². The minimum atomic E-state index is -0.388. The molecule has 0 aliphatic carbocycles. The second kappa shape index (κ2) is 7.09. The van der Waals surface area contributed by atoms with Crippen molar-refractivity contribution >= 4 is 19.1 Å². The normalized spacial score (nSPS) is 19.4. The molecule has 0 atom stereocenters. The Morgan fingerprint density at radius 3 is 2.08 bits per heavy atom. The minimum Gasteiger partial charge on any atom is -0.400 e. The highest BCUT2D eigenvalue weighted by Gasteiger charge is 2.52. The number of likely N-dealkylation sites (N-methyl/N-ethyl adjacent to an activating group) is 1. The maximum absolute atomic E-state index is 11.6. The van der Waals surface area contributed by atoms with Crippen LogP contribution in [0.2, 0.25) is 0 Å². The van der Waals surface area contributed by atoms with Crippen molar-refractivity contribution in [3.05, 3.63) is 40.9 Å². The van der Waals surface area contributed by atoms with Gasteiger partial charge in [0.2, 0.25) is 0 Å². The summed E-state index contributed by atoms with van der Waals surface area (Å²) in [4.78, 5) is 11.6. The van der Waals surface area contributed by atoms with E-state index >= 15 is 0 Å². The first-order chi connectivity index (χ1) is 11.2. The fraction of sp³-hybridized carbons (Fsp3) is 0.500. The van der Waals surface area contributed by atoms with Crippen LogP contribution in [0.5, 0.6) is 0 Å². The van der Waals surface area contributed by atoms with Crippen molar-refractivity contribution in [3.63, 3.8) is 0 Å². The third-order valence-corrected chi connectivity index (χ3v) is 4.69. The van der Waals surface area contributed by atoms with Gasteiger partial charge < -0.3 is 19.9 Å². The highest BCUT2D eigenvalue weighted by Crippen LogP contribution is 2.38. The predicted molar refractivity (Wildman–Crippen MR) is 97.8 cm³/mol. The molecule has 1 aromatic carbocycles. The Kier molecular flexibility index (Phi) is 5.53. The lowest BCUT2D eigenvalue weighted by atomic mass is 9.77.